The van der Waals surface area contributed by atoms with E-state index in [1.165, 1.54) is 7.11 Å². The van der Waals surface area contributed by atoms with Crippen LogP contribution in [0.15, 0.2) is 0 Å². The van der Waals surface area contributed by atoms with Gasteiger partial charge in [0.15, 0.2) is 0 Å². The molecule has 0 amide bonds. The molecule has 2 fully saturated rings. The van der Waals surface area contributed by atoms with Gasteiger partial charge in [0.25, 0.3) is 0 Å². The monoisotopic (exact) mass is 280 g/mol. The zero-order valence-corrected chi connectivity index (χ0v) is 11.1. The lowest BCUT2D eigenvalue weighted by atomic mass is 9.83. The number of rotatable bonds is 3. The summed E-state index contributed by atoms with van der Waals surface area (Å²) < 4.78 is 42.0. The summed E-state index contributed by atoms with van der Waals surface area (Å²) >= 11 is 0. The number of ether oxygens (including phenoxy) is 1. The molecule has 1 N–H and O–H groups in total. The van der Waals surface area contributed by atoms with Crippen molar-refractivity contribution < 1.29 is 22.7 Å². The molecule has 0 aromatic rings. The summed E-state index contributed by atoms with van der Waals surface area (Å²) in [6.07, 6.45) is -1.73. The average molecular weight is 280 g/mol. The smallest absolute Gasteiger partial charge is 0.401 e. The fourth-order valence-electron chi connectivity index (χ4n) is 3.32. The van der Waals surface area contributed by atoms with E-state index in [4.69, 9.17) is 4.74 Å². The minimum absolute atomic E-state index is 0.151. The number of carbonyl (C=O) groups is 1. The van der Waals surface area contributed by atoms with Gasteiger partial charge in [0.1, 0.15) is 5.54 Å². The number of halogens is 3. The van der Waals surface area contributed by atoms with Crippen LogP contribution in [-0.4, -0.2) is 55.4 Å². The van der Waals surface area contributed by atoms with Gasteiger partial charge in [-0.15, -0.1) is 0 Å². The van der Waals surface area contributed by atoms with Crippen LogP contribution in [0.5, 0.6) is 0 Å². The summed E-state index contributed by atoms with van der Waals surface area (Å²) in [6.45, 7) is -1.16. The van der Waals surface area contributed by atoms with E-state index >= 15 is 0 Å². The van der Waals surface area contributed by atoms with Crippen LogP contribution in [0.1, 0.15) is 25.7 Å². The Bertz CT molecular complexity index is 345. The van der Waals surface area contributed by atoms with E-state index in [1.54, 1.807) is 0 Å². The molecule has 19 heavy (non-hydrogen) atoms. The molecule has 2 unspecified atom stereocenters. The van der Waals surface area contributed by atoms with E-state index in [2.05, 4.69) is 10.2 Å². The van der Waals surface area contributed by atoms with Crippen LogP contribution in [0.25, 0.3) is 0 Å². The lowest BCUT2D eigenvalue weighted by Gasteiger charge is -2.43. The maximum Gasteiger partial charge on any atom is 0.401 e. The number of carbonyl (C=O) groups excluding carboxylic acids is 1. The Morgan fingerprint density at radius 2 is 1.89 bits per heavy atom. The van der Waals surface area contributed by atoms with Crippen molar-refractivity contribution in [3.63, 3.8) is 0 Å². The van der Waals surface area contributed by atoms with Crippen molar-refractivity contribution in [3.05, 3.63) is 0 Å². The minimum Gasteiger partial charge on any atom is -0.468 e. The summed E-state index contributed by atoms with van der Waals surface area (Å²) in [7, 11) is 3.19. The van der Waals surface area contributed by atoms with Crippen LogP contribution in [0, 0.1) is 0 Å². The Balaban J connectivity index is 2.15. The topological polar surface area (TPSA) is 41.6 Å². The average Bonchev–Trinajstić information content (AvgIpc) is 2.57. The van der Waals surface area contributed by atoms with Crippen molar-refractivity contribution in [3.8, 4) is 0 Å². The SMILES string of the molecule is COC(=O)C1(NCC(F)(F)F)CC2CCC(C1)N2C. The second-order valence-electron chi connectivity index (χ2n) is 5.50. The lowest BCUT2D eigenvalue weighted by Crippen LogP contribution is -2.62. The Morgan fingerprint density at radius 3 is 2.32 bits per heavy atom. The number of methoxy groups -OCH3 is 1. The molecule has 0 aromatic carbocycles. The third-order valence-corrected chi connectivity index (χ3v) is 4.36. The molecule has 4 nitrogen and oxygen atoms in total. The number of hydrogen-bond acceptors (Lipinski definition) is 4. The number of hydrogen-bond donors (Lipinski definition) is 1. The first-order valence-electron chi connectivity index (χ1n) is 6.39. The van der Waals surface area contributed by atoms with Gasteiger partial charge in [-0.3, -0.25) is 10.1 Å². The number of nitrogens with one attached hydrogen (secondary N) is 1. The lowest BCUT2D eigenvalue weighted by molar-refractivity contribution is -0.157. The predicted molar refractivity (Wildman–Crippen MR) is 62.6 cm³/mol. The van der Waals surface area contributed by atoms with Crippen molar-refractivity contribution >= 4 is 5.97 Å². The minimum atomic E-state index is -4.33. The molecule has 2 rings (SSSR count). The summed E-state index contributed by atoms with van der Waals surface area (Å²) in [6, 6.07) is 0.303. The molecule has 2 saturated heterocycles. The van der Waals surface area contributed by atoms with E-state index in [9.17, 15) is 18.0 Å². The molecule has 2 aliphatic heterocycles. The van der Waals surface area contributed by atoms with Crippen molar-refractivity contribution in [1.29, 1.82) is 0 Å². The fraction of sp³-hybridized carbons (Fsp3) is 0.917. The maximum absolute atomic E-state index is 12.4. The van der Waals surface area contributed by atoms with Crippen molar-refractivity contribution in [1.82, 2.24) is 10.2 Å². The highest BCUT2D eigenvalue weighted by atomic mass is 19.4. The Morgan fingerprint density at radius 1 is 1.37 bits per heavy atom. The summed E-state index contributed by atoms with van der Waals surface area (Å²) in [4.78, 5) is 14.1. The van der Waals surface area contributed by atoms with Crippen LogP contribution in [-0.2, 0) is 9.53 Å². The molecule has 2 atom stereocenters. The molecule has 0 aromatic heterocycles. The number of piperidine rings is 1. The Labute approximate surface area is 110 Å². The van der Waals surface area contributed by atoms with E-state index in [-0.39, 0.29) is 12.1 Å². The highest BCUT2D eigenvalue weighted by Crippen LogP contribution is 2.40. The number of esters is 1. The second-order valence-corrected chi connectivity index (χ2v) is 5.50. The molecule has 2 bridgehead atoms. The number of fused-ring (bicyclic) bond motifs is 2. The molecule has 7 heteroatoms. The molecule has 0 aliphatic carbocycles. The van der Waals surface area contributed by atoms with Gasteiger partial charge < -0.3 is 9.64 Å². The molecule has 0 saturated carbocycles. The molecule has 110 valence electrons. The second kappa shape index (κ2) is 4.94. The van der Waals surface area contributed by atoms with Gasteiger partial charge in [0.05, 0.1) is 13.7 Å². The van der Waals surface area contributed by atoms with Gasteiger partial charge in [-0.25, -0.2) is 0 Å². The van der Waals surface area contributed by atoms with Crippen LogP contribution in [0.2, 0.25) is 0 Å². The standard InChI is InChI=1S/C12H19F3N2O2/c1-17-8-3-4-9(17)6-11(5-8,10(18)19-2)16-7-12(13,14)15/h8-9,16H,3-7H2,1-2H3. The van der Waals surface area contributed by atoms with E-state index in [1.807, 2.05) is 7.05 Å². The maximum atomic E-state index is 12.4. The highest BCUT2D eigenvalue weighted by Gasteiger charge is 2.52. The fourth-order valence-corrected chi connectivity index (χ4v) is 3.32. The quantitative estimate of drug-likeness (QED) is 0.791. The van der Waals surface area contributed by atoms with Gasteiger partial charge in [-0.05, 0) is 32.7 Å². The number of alkyl halides is 3. The van der Waals surface area contributed by atoms with Crippen molar-refractivity contribution in [2.24, 2.45) is 0 Å². The van der Waals surface area contributed by atoms with Crippen LogP contribution in [0.4, 0.5) is 13.2 Å². The Hall–Kier alpha value is -0.820. The van der Waals surface area contributed by atoms with Gasteiger partial charge >= 0.3 is 12.1 Å². The van der Waals surface area contributed by atoms with Crippen molar-refractivity contribution in [2.75, 3.05) is 20.7 Å². The highest BCUT2D eigenvalue weighted by molar-refractivity contribution is 5.81. The summed E-state index contributed by atoms with van der Waals surface area (Å²) in [5.41, 5.74) is -1.19. The van der Waals surface area contributed by atoms with Gasteiger partial charge in [0, 0.05) is 12.1 Å². The Kier molecular flexibility index (Phi) is 3.79. The third kappa shape index (κ3) is 2.86. The first-order chi connectivity index (χ1) is 8.77. The number of nitrogens with zero attached hydrogens (tertiary/aromatic N) is 1. The summed E-state index contributed by atoms with van der Waals surface area (Å²) in [5, 5.41) is 2.42. The van der Waals surface area contributed by atoms with E-state index in [0.29, 0.717) is 12.8 Å². The molecule has 0 radical (unpaired) electrons. The van der Waals surface area contributed by atoms with Gasteiger partial charge in [-0.2, -0.15) is 13.2 Å². The molecular weight excluding hydrogens is 261 g/mol. The van der Waals surface area contributed by atoms with E-state index in [0.717, 1.165) is 12.8 Å². The first kappa shape index (κ1) is 14.6. The molecule has 0 spiro atoms. The zero-order valence-electron chi connectivity index (χ0n) is 11.1. The summed E-state index contributed by atoms with van der Waals surface area (Å²) in [5.74, 6) is -0.582. The molecular formula is C12H19F3N2O2. The normalized spacial score (nSPS) is 35.4. The van der Waals surface area contributed by atoms with Crippen LogP contribution in [0.3, 0.4) is 0 Å². The van der Waals surface area contributed by atoms with Gasteiger partial charge in [0.2, 0.25) is 0 Å². The van der Waals surface area contributed by atoms with Gasteiger partial charge in [-0.1, -0.05) is 0 Å². The van der Waals surface area contributed by atoms with Crippen LogP contribution >= 0.6 is 0 Å². The third-order valence-electron chi connectivity index (χ3n) is 4.36. The molecule has 2 aliphatic rings. The largest absolute Gasteiger partial charge is 0.468 e. The predicted octanol–water partition coefficient (Wildman–Crippen LogP) is 1.31. The van der Waals surface area contributed by atoms with Crippen LogP contribution < -0.4 is 5.32 Å². The van der Waals surface area contributed by atoms with E-state index < -0.39 is 24.2 Å². The van der Waals surface area contributed by atoms with Crippen molar-refractivity contribution in [2.45, 2.75) is 49.5 Å². The molecule has 2 heterocycles. The first-order valence-corrected chi connectivity index (χ1v) is 6.39. The zero-order chi connectivity index (χ0) is 14.3.